The van der Waals surface area contributed by atoms with Crippen LogP contribution in [0.3, 0.4) is 0 Å². The van der Waals surface area contributed by atoms with Crippen LogP contribution in [0, 0.1) is 0 Å². The van der Waals surface area contributed by atoms with E-state index in [1.54, 1.807) is 13.0 Å². The number of benzene rings is 1. The molecule has 0 aliphatic carbocycles. The number of hydrogen-bond donors (Lipinski definition) is 3. The van der Waals surface area contributed by atoms with Crippen LogP contribution in [0.5, 0.6) is 0 Å². The van der Waals surface area contributed by atoms with Crippen molar-refractivity contribution in [2.24, 2.45) is 5.73 Å². The van der Waals surface area contributed by atoms with Crippen molar-refractivity contribution in [2.45, 2.75) is 13.0 Å². The molecule has 0 aromatic heterocycles. The van der Waals surface area contributed by atoms with Gasteiger partial charge >= 0.3 is 5.97 Å². The smallest absolute Gasteiger partial charge is 0.328 e. The third kappa shape index (κ3) is 8.93. The molecular weight excluding hydrogens is 206 g/mol. The van der Waals surface area contributed by atoms with Crippen LogP contribution in [0.2, 0.25) is 0 Å². The first-order valence-corrected chi connectivity index (χ1v) is 4.90. The molecule has 1 aromatic carbocycles. The number of aliphatic hydroxyl groups is 1. The number of carbonyl (C=O) groups is 1. The normalized spacial score (nSPS) is 11.7. The Hall–Kier alpha value is -1.65. The highest BCUT2D eigenvalue weighted by molar-refractivity contribution is 5.85. The molecule has 4 N–H and O–H groups in total. The van der Waals surface area contributed by atoms with Crippen LogP contribution in [-0.2, 0) is 4.79 Å². The van der Waals surface area contributed by atoms with Gasteiger partial charge in [-0.2, -0.15) is 0 Å². The van der Waals surface area contributed by atoms with Crippen molar-refractivity contribution >= 4 is 12.0 Å². The molecule has 1 unspecified atom stereocenters. The summed E-state index contributed by atoms with van der Waals surface area (Å²) < 4.78 is 0. The molecule has 0 amide bonds. The lowest BCUT2D eigenvalue weighted by atomic mass is 10.2. The minimum Gasteiger partial charge on any atom is -0.478 e. The lowest BCUT2D eigenvalue weighted by molar-refractivity contribution is -0.131. The third-order valence-electron chi connectivity index (χ3n) is 1.56. The van der Waals surface area contributed by atoms with Crippen molar-refractivity contribution in [1.82, 2.24) is 0 Å². The fourth-order valence-corrected chi connectivity index (χ4v) is 0.732. The number of hydrogen-bond acceptors (Lipinski definition) is 3. The van der Waals surface area contributed by atoms with E-state index in [1.807, 2.05) is 30.3 Å². The second kappa shape index (κ2) is 8.64. The van der Waals surface area contributed by atoms with E-state index < -0.39 is 5.97 Å². The Morgan fingerprint density at radius 1 is 1.44 bits per heavy atom. The number of aliphatic carboxylic acids is 1. The Morgan fingerprint density at radius 2 is 1.94 bits per heavy atom. The first-order valence-electron chi connectivity index (χ1n) is 4.90. The van der Waals surface area contributed by atoms with Crippen LogP contribution in [0.15, 0.2) is 36.4 Å². The van der Waals surface area contributed by atoms with E-state index in [4.69, 9.17) is 15.9 Å². The molecular formula is C12H17NO3. The Labute approximate surface area is 95.0 Å². The highest BCUT2D eigenvalue weighted by Gasteiger charge is 1.86. The fourth-order valence-electron chi connectivity index (χ4n) is 0.732. The van der Waals surface area contributed by atoms with E-state index in [2.05, 4.69) is 0 Å². The molecule has 4 heteroatoms. The van der Waals surface area contributed by atoms with E-state index in [0.717, 1.165) is 11.6 Å². The van der Waals surface area contributed by atoms with Gasteiger partial charge in [-0.1, -0.05) is 30.3 Å². The van der Waals surface area contributed by atoms with E-state index in [9.17, 15) is 4.79 Å². The summed E-state index contributed by atoms with van der Waals surface area (Å²) in [6.45, 7) is 2.01. The molecule has 0 saturated heterocycles. The minimum absolute atomic E-state index is 0.338. The van der Waals surface area contributed by atoms with Gasteiger partial charge in [-0.15, -0.1) is 0 Å². The van der Waals surface area contributed by atoms with Gasteiger partial charge in [-0.3, -0.25) is 0 Å². The minimum atomic E-state index is -0.922. The first kappa shape index (κ1) is 14.4. The molecule has 1 atom stereocenters. The Morgan fingerprint density at radius 3 is 2.31 bits per heavy atom. The summed E-state index contributed by atoms with van der Waals surface area (Å²) >= 11 is 0. The van der Waals surface area contributed by atoms with Gasteiger partial charge in [0.2, 0.25) is 0 Å². The molecule has 0 bridgehead atoms. The summed E-state index contributed by atoms with van der Waals surface area (Å²) in [4.78, 5) is 10.1. The van der Waals surface area contributed by atoms with Crippen LogP contribution in [0.1, 0.15) is 12.5 Å². The van der Waals surface area contributed by atoms with Crippen LogP contribution < -0.4 is 5.73 Å². The van der Waals surface area contributed by atoms with Crippen molar-refractivity contribution in [3.05, 3.63) is 42.0 Å². The van der Waals surface area contributed by atoms with Gasteiger partial charge in [0, 0.05) is 12.6 Å². The van der Waals surface area contributed by atoms with Crippen molar-refractivity contribution in [3.63, 3.8) is 0 Å². The lowest BCUT2D eigenvalue weighted by Crippen LogP contribution is -2.14. The Bertz CT molecular complexity index is 320. The first-order chi connectivity index (χ1) is 7.56. The molecule has 1 rings (SSSR count). The van der Waals surface area contributed by atoms with Crippen molar-refractivity contribution in [2.75, 3.05) is 6.54 Å². The highest BCUT2D eigenvalue weighted by Crippen LogP contribution is 1.99. The number of rotatable bonds is 3. The molecule has 0 heterocycles. The van der Waals surface area contributed by atoms with Crippen LogP contribution in [0.25, 0.3) is 6.08 Å². The van der Waals surface area contributed by atoms with E-state index in [0.29, 0.717) is 6.54 Å². The molecule has 0 saturated carbocycles. The Balaban J connectivity index is 0.000000385. The quantitative estimate of drug-likeness (QED) is 0.670. The average Bonchev–Trinajstić information content (AvgIpc) is 2.28. The zero-order valence-corrected chi connectivity index (χ0v) is 9.21. The zero-order chi connectivity index (χ0) is 12.4. The topological polar surface area (TPSA) is 83.5 Å². The SMILES string of the molecule is CC(O)CN.O=C(O)C=Cc1ccccc1. The highest BCUT2D eigenvalue weighted by atomic mass is 16.4. The molecule has 88 valence electrons. The molecule has 0 spiro atoms. The summed E-state index contributed by atoms with van der Waals surface area (Å²) in [7, 11) is 0. The van der Waals surface area contributed by atoms with Crippen molar-refractivity contribution in [1.29, 1.82) is 0 Å². The summed E-state index contributed by atoms with van der Waals surface area (Å²) in [6, 6.07) is 9.31. The third-order valence-corrected chi connectivity index (χ3v) is 1.56. The second-order valence-corrected chi connectivity index (χ2v) is 3.17. The van der Waals surface area contributed by atoms with E-state index in [1.165, 1.54) is 0 Å². The Kier molecular flexibility index (Phi) is 7.75. The van der Waals surface area contributed by atoms with Crippen LogP contribution in [-0.4, -0.2) is 28.8 Å². The summed E-state index contributed by atoms with van der Waals surface area (Å²) in [5, 5.41) is 16.5. The molecule has 0 fully saturated rings. The summed E-state index contributed by atoms with van der Waals surface area (Å²) in [6.07, 6.45) is 2.34. The van der Waals surface area contributed by atoms with Gasteiger partial charge in [-0.25, -0.2) is 4.79 Å². The number of carboxylic acid groups (broad SMARTS) is 1. The monoisotopic (exact) mass is 223 g/mol. The van der Waals surface area contributed by atoms with Gasteiger partial charge in [-0.05, 0) is 18.6 Å². The molecule has 0 aliphatic heterocycles. The van der Waals surface area contributed by atoms with Gasteiger partial charge < -0.3 is 15.9 Å². The van der Waals surface area contributed by atoms with Gasteiger partial charge in [0.25, 0.3) is 0 Å². The van der Waals surface area contributed by atoms with Gasteiger partial charge in [0.05, 0.1) is 6.10 Å². The summed E-state index contributed by atoms with van der Waals surface area (Å²) in [5.41, 5.74) is 5.82. The molecule has 1 aromatic rings. The van der Waals surface area contributed by atoms with Crippen LogP contribution in [0.4, 0.5) is 0 Å². The number of nitrogens with two attached hydrogens (primary N) is 1. The maximum Gasteiger partial charge on any atom is 0.328 e. The number of aliphatic hydroxyl groups excluding tert-OH is 1. The molecule has 4 nitrogen and oxygen atoms in total. The predicted octanol–water partition coefficient (Wildman–Crippen LogP) is 1.11. The number of carboxylic acids is 1. The average molecular weight is 223 g/mol. The summed E-state index contributed by atoms with van der Waals surface area (Å²) in [5.74, 6) is -0.922. The van der Waals surface area contributed by atoms with Gasteiger partial charge in [0.15, 0.2) is 0 Å². The van der Waals surface area contributed by atoms with E-state index in [-0.39, 0.29) is 6.10 Å². The van der Waals surface area contributed by atoms with Crippen LogP contribution >= 0.6 is 0 Å². The molecule has 0 radical (unpaired) electrons. The van der Waals surface area contributed by atoms with Crippen molar-refractivity contribution in [3.8, 4) is 0 Å². The molecule has 0 aliphatic rings. The second-order valence-electron chi connectivity index (χ2n) is 3.17. The fraction of sp³-hybridized carbons (Fsp3) is 0.250. The largest absolute Gasteiger partial charge is 0.478 e. The molecule has 16 heavy (non-hydrogen) atoms. The lowest BCUT2D eigenvalue weighted by Gasteiger charge is -1.91. The maximum absolute atomic E-state index is 10.1. The standard InChI is InChI=1S/C9H8O2.C3H9NO/c10-9(11)7-6-8-4-2-1-3-5-8;1-3(5)2-4/h1-7H,(H,10,11);3,5H,2,4H2,1H3. The van der Waals surface area contributed by atoms with E-state index >= 15 is 0 Å². The maximum atomic E-state index is 10.1. The van der Waals surface area contributed by atoms with Crippen molar-refractivity contribution < 1.29 is 15.0 Å². The predicted molar refractivity (Wildman–Crippen MR) is 63.8 cm³/mol. The van der Waals surface area contributed by atoms with Gasteiger partial charge in [0.1, 0.15) is 0 Å². The zero-order valence-electron chi connectivity index (χ0n) is 9.21.